The van der Waals surface area contributed by atoms with E-state index < -0.39 is 10.0 Å². The smallest absolute Gasteiger partial charge is 0.268 e. The summed E-state index contributed by atoms with van der Waals surface area (Å²) in [6.45, 7) is 1.93. The molecule has 0 radical (unpaired) electrons. The van der Waals surface area contributed by atoms with Gasteiger partial charge < -0.3 is 4.74 Å². The molecule has 0 fully saturated rings. The van der Waals surface area contributed by atoms with Crippen LogP contribution in [-0.4, -0.2) is 19.5 Å². The molecule has 0 atom stereocenters. The Labute approximate surface area is 183 Å². The van der Waals surface area contributed by atoms with Crippen molar-refractivity contribution in [2.75, 3.05) is 7.11 Å². The molecule has 0 aliphatic heterocycles. The summed E-state index contributed by atoms with van der Waals surface area (Å²) in [5, 5.41) is 0. The minimum absolute atomic E-state index is 0.254. The summed E-state index contributed by atoms with van der Waals surface area (Å²) in [6, 6.07) is 26.1. The van der Waals surface area contributed by atoms with Gasteiger partial charge in [-0.1, -0.05) is 66.2 Å². The first kappa shape index (κ1) is 20.7. The highest BCUT2D eigenvalue weighted by atomic mass is 32.2. The normalized spacial score (nSPS) is 11.7. The highest BCUT2D eigenvalue weighted by Gasteiger charge is 2.21. The van der Waals surface area contributed by atoms with Crippen LogP contribution in [0.15, 0.2) is 96.0 Å². The van der Waals surface area contributed by atoms with Gasteiger partial charge in [-0.2, -0.15) is 0 Å². The van der Waals surface area contributed by atoms with Crippen LogP contribution in [0.2, 0.25) is 0 Å². The number of aromatic nitrogens is 1. The Morgan fingerprint density at radius 3 is 2.13 bits per heavy atom. The molecule has 0 aliphatic carbocycles. The van der Waals surface area contributed by atoms with Crippen LogP contribution in [0.5, 0.6) is 5.75 Å². The van der Waals surface area contributed by atoms with Crippen LogP contribution in [0.3, 0.4) is 0 Å². The van der Waals surface area contributed by atoms with Gasteiger partial charge in [-0.15, -0.1) is 0 Å². The fourth-order valence-electron chi connectivity index (χ4n) is 3.38. The van der Waals surface area contributed by atoms with Crippen LogP contribution in [0.25, 0.3) is 23.3 Å². The lowest BCUT2D eigenvalue weighted by Gasteiger charge is -2.11. The van der Waals surface area contributed by atoms with E-state index in [0.29, 0.717) is 5.69 Å². The fourth-order valence-corrected chi connectivity index (χ4v) is 4.72. The van der Waals surface area contributed by atoms with Gasteiger partial charge in [-0.3, -0.25) is 0 Å². The highest BCUT2D eigenvalue weighted by molar-refractivity contribution is 7.90. The van der Waals surface area contributed by atoms with E-state index in [1.807, 2.05) is 79.7 Å². The molecule has 0 spiro atoms. The Kier molecular flexibility index (Phi) is 5.78. The maximum absolute atomic E-state index is 13.4. The van der Waals surface area contributed by atoms with E-state index in [1.165, 1.54) is 3.97 Å². The van der Waals surface area contributed by atoms with Gasteiger partial charge in [0, 0.05) is 11.8 Å². The van der Waals surface area contributed by atoms with Crippen LogP contribution in [0.4, 0.5) is 0 Å². The molecular weight excluding hydrogens is 406 g/mol. The summed E-state index contributed by atoms with van der Waals surface area (Å²) in [6.07, 6.45) is 5.38. The number of nitrogens with zero attached hydrogens (tertiary/aromatic N) is 1. The second-order valence-corrected chi connectivity index (χ2v) is 9.02. The van der Waals surface area contributed by atoms with Crippen molar-refractivity contribution in [3.8, 4) is 16.9 Å². The van der Waals surface area contributed by atoms with E-state index >= 15 is 0 Å². The standard InChI is InChI=1S/C26H23NO3S/c1-20-8-15-24(16-9-20)31(28,29)27-19-18-25(22-11-13-23(30-2)14-12-22)26(27)17-10-21-6-4-3-5-7-21/h3-19H,1-2H3/b17-10+. The minimum Gasteiger partial charge on any atom is -0.497 e. The summed E-state index contributed by atoms with van der Waals surface area (Å²) in [7, 11) is -2.13. The Bertz CT molecular complexity index is 1300. The third kappa shape index (κ3) is 4.32. The number of ether oxygens (including phenoxy) is 1. The van der Waals surface area contributed by atoms with Crippen LogP contribution in [0.1, 0.15) is 16.8 Å². The maximum atomic E-state index is 13.4. The Balaban J connectivity index is 1.86. The van der Waals surface area contributed by atoms with Crippen molar-refractivity contribution in [2.45, 2.75) is 11.8 Å². The maximum Gasteiger partial charge on any atom is 0.268 e. The molecule has 0 bridgehead atoms. The van der Waals surface area contributed by atoms with Crippen molar-refractivity contribution in [3.63, 3.8) is 0 Å². The zero-order chi connectivity index (χ0) is 21.8. The lowest BCUT2D eigenvalue weighted by Crippen LogP contribution is -2.13. The molecule has 5 heteroatoms. The Morgan fingerprint density at radius 1 is 0.806 bits per heavy atom. The van der Waals surface area contributed by atoms with Gasteiger partial charge in [0.2, 0.25) is 0 Å². The van der Waals surface area contributed by atoms with Crippen LogP contribution >= 0.6 is 0 Å². The van der Waals surface area contributed by atoms with Gasteiger partial charge in [0.25, 0.3) is 10.0 Å². The molecule has 31 heavy (non-hydrogen) atoms. The molecule has 4 aromatic rings. The second kappa shape index (κ2) is 8.66. The summed E-state index contributed by atoms with van der Waals surface area (Å²) in [4.78, 5) is 0.254. The molecular formula is C26H23NO3S. The number of methoxy groups -OCH3 is 1. The lowest BCUT2D eigenvalue weighted by atomic mass is 10.1. The summed E-state index contributed by atoms with van der Waals surface area (Å²) in [5.74, 6) is 0.747. The minimum atomic E-state index is -3.75. The Hall–Kier alpha value is -3.57. The lowest BCUT2D eigenvalue weighted by molar-refractivity contribution is 0.415. The van der Waals surface area contributed by atoms with Crippen LogP contribution in [0, 0.1) is 6.92 Å². The third-order valence-corrected chi connectivity index (χ3v) is 6.81. The molecule has 1 aromatic heterocycles. The van der Waals surface area contributed by atoms with Gasteiger partial charge in [0.1, 0.15) is 5.75 Å². The van der Waals surface area contributed by atoms with E-state index in [2.05, 4.69) is 0 Å². The highest BCUT2D eigenvalue weighted by Crippen LogP contribution is 2.31. The molecule has 4 nitrogen and oxygen atoms in total. The zero-order valence-electron chi connectivity index (χ0n) is 17.4. The monoisotopic (exact) mass is 429 g/mol. The van der Waals surface area contributed by atoms with Gasteiger partial charge in [0.05, 0.1) is 17.7 Å². The number of benzene rings is 3. The van der Waals surface area contributed by atoms with Crippen molar-refractivity contribution in [1.82, 2.24) is 3.97 Å². The van der Waals surface area contributed by atoms with Gasteiger partial charge >= 0.3 is 0 Å². The van der Waals surface area contributed by atoms with Gasteiger partial charge in [0.15, 0.2) is 0 Å². The third-order valence-electron chi connectivity index (χ3n) is 5.10. The topological polar surface area (TPSA) is 48.3 Å². The van der Waals surface area contributed by atoms with Crippen molar-refractivity contribution in [2.24, 2.45) is 0 Å². The van der Waals surface area contributed by atoms with E-state index in [4.69, 9.17) is 4.74 Å². The van der Waals surface area contributed by atoms with E-state index in [1.54, 1.807) is 37.6 Å². The first-order chi connectivity index (χ1) is 15.0. The van der Waals surface area contributed by atoms with Crippen molar-refractivity contribution < 1.29 is 13.2 Å². The fraction of sp³-hybridized carbons (Fsp3) is 0.0769. The molecule has 4 rings (SSSR count). The molecule has 1 heterocycles. The van der Waals surface area contributed by atoms with Crippen LogP contribution < -0.4 is 4.74 Å². The second-order valence-electron chi connectivity index (χ2n) is 7.20. The van der Waals surface area contributed by atoms with Crippen molar-refractivity contribution >= 4 is 22.2 Å². The average molecular weight is 430 g/mol. The average Bonchev–Trinajstić information content (AvgIpc) is 3.23. The van der Waals surface area contributed by atoms with Crippen molar-refractivity contribution in [3.05, 3.63) is 108 Å². The number of aryl methyl sites for hydroxylation is 1. The van der Waals surface area contributed by atoms with E-state index in [9.17, 15) is 8.42 Å². The number of rotatable bonds is 6. The summed E-state index contributed by atoms with van der Waals surface area (Å²) >= 11 is 0. The van der Waals surface area contributed by atoms with Crippen LogP contribution in [-0.2, 0) is 10.0 Å². The van der Waals surface area contributed by atoms with E-state index in [0.717, 1.165) is 28.0 Å². The van der Waals surface area contributed by atoms with E-state index in [-0.39, 0.29) is 4.90 Å². The zero-order valence-corrected chi connectivity index (χ0v) is 18.2. The summed E-state index contributed by atoms with van der Waals surface area (Å²) < 4.78 is 33.5. The SMILES string of the molecule is COc1ccc(-c2ccn(S(=O)(=O)c3ccc(C)cc3)c2/C=C/c2ccccc2)cc1. The predicted octanol–water partition coefficient (Wildman–Crippen LogP) is 5.88. The molecule has 0 saturated carbocycles. The summed E-state index contributed by atoms with van der Waals surface area (Å²) in [5.41, 5.74) is 4.32. The predicted molar refractivity (Wildman–Crippen MR) is 126 cm³/mol. The molecule has 0 saturated heterocycles. The van der Waals surface area contributed by atoms with Gasteiger partial charge in [-0.05, 0) is 54.5 Å². The first-order valence-electron chi connectivity index (χ1n) is 9.90. The quantitative estimate of drug-likeness (QED) is 0.385. The largest absolute Gasteiger partial charge is 0.497 e. The first-order valence-corrected chi connectivity index (χ1v) is 11.3. The van der Waals surface area contributed by atoms with Gasteiger partial charge in [-0.25, -0.2) is 12.4 Å². The number of hydrogen-bond acceptors (Lipinski definition) is 3. The van der Waals surface area contributed by atoms with Crippen molar-refractivity contribution in [1.29, 1.82) is 0 Å². The molecule has 0 unspecified atom stereocenters. The molecule has 0 aliphatic rings. The molecule has 0 amide bonds. The molecule has 156 valence electrons. The number of hydrogen-bond donors (Lipinski definition) is 0. The molecule has 0 N–H and O–H groups in total. The molecule has 3 aromatic carbocycles. The Morgan fingerprint density at radius 2 is 1.48 bits per heavy atom.